The van der Waals surface area contributed by atoms with Gasteiger partial charge in [-0.1, -0.05) is 0 Å². The van der Waals surface area contributed by atoms with Gasteiger partial charge < -0.3 is 16.8 Å². The van der Waals surface area contributed by atoms with E-state index in [-0.39, 0.29) is 16.5 Å². The van der Waals surface area contributed by atoms with Gasteiger partial charge in [0.1, 0.15) is 0 Å². The molecule has 2 aromatic rings. The maximum Gasteiger partial charge on any atom is 0.257 e. The molecule has 0 unspecified atom stereocenters. The third kappa shape index (κ3) is 3.51. The van der Waals surface area contributed by atoms with Crippen LogP contribution in [0.5, 0.6) is 0 Å². The quantitative estimate of drug-likeness (QED) is 0.743. The first-order valence-corrected chi connectivity index (χ1v) is 7.93. The van der Waals surface area contributed by atoms with Crippen LogP contribution >= 0.6 is 0 Å². The first-order valence-electron chi connectivity index (χ1n) is 6.04. The predicted octanol–water partition coefficient (Wildman–Crippen LogP) is 1.51. The Morgan fingerprint density at radius 2 is 1.67 bits per heavy atom. The summed E-state index contributed by atoms with van der Waals surface area (Å²) in [5, 5.41) is 2.64. The Balaban J connectivity index is 2.20. The van der Waals surface area contributed by atoms with E-state index in [9.17, 15) is 13.2 Å². The number of rotatable bonds is 3. The third-order valence-electron chi connectivity index (χ3n) is 2.86. The largest absolute Gasteiger partial charge is 0.399 e. The number of nitrogens with one attached hydrogen (secondary N) is 1. The number of hydrogen-bond donors (Lipinski definition) is 3. The van der Waals surface area contributed by atoms with Crippen molar-refractivity contribution < 1.29 is 13.2 Å². The number of carbonyl (C=O) groups is 1. The molecule has 0 aliphatic rings. The zero-order valence-corrected chi connectivity index (χ0v) is 12.1. The fourth-order valence-corrected chi connectivity index (χ4v) is 2.40. The molecule has 0 atom stereocenters. The molecule has 0 saturated heterocycles. The molecule has 0 radical (unpaired) electrons. The molecular weight excluding hydrogens is 290 g/mol. The number of anilines is 3. The van der Waals surface area contributed by atoms with E-state index in [0.29, 0.717) is 16.9 Å². The van der Waals surface area contributed by atoms with Gasteiger partial charge in [0.05, 0.1) is 10.5 Å². The van der Waals surface area contributed by atoms with Gasteiger partial charge in [0.25, 0.3) is 5.91 Å². The van der Waals surface area contributed by atoms with E-state index in [0.717, 1.165) is 6.26 Å². The third-order valence-corrected chi connectivity index (χ3v) is 3.99. The molecule has 0 saturated carbocycles. The van der Waals surface area contributed by atoms with E-state index in [4.69, 9.17) is 11.5 Å². The summed E-state index contributed by atoms with van der Waals surface area (Å²) in [6.07, 6.45) is 1.12. The number of hydrogen-bond acceptors (Lipinski definition) is 5. The lowest BCUT2D eigenvalue weighted by molar-refractivity contribution is 0.102. The molecule has 5 N–H and O–H groups in total. The van der Waals surface area contributed by atoms with Crippen molar-refractivity contribution in [3.05, 3.63) is 48.0 Å². The van der Waals surface area contributed by atoms with Crippen molar-refractivity contribution >= 4 is 32.8 Å². The normalized spacial score (nSPS) is 11.1. The van der Waals surface area contributed by atoms with Crippen LogP contribution in [0.4, 0.5) is 17.1 Å². The molecule has 0 aliphatic heterocycles. The number of amides is 1. The smallest absolute Gasteiger partial charge is 0.257 e. The van der Waals surface area contributed by atoms with E-state index in [2.05, 4.69) is 5.32 Å². The maximum absolute atomic E-state index is 12.1. The molecule has 110 valence electrons. The highest BCUT2D eigenvalue weighted by atomic mass is 32.2. The Hall–Kier alpha value is -2.54. The Morgan fingerprint density at radius 1 is 1.05 bits per heavy atom. The van der Waals surface area contributed by atoms with Gasteiger partial charge in [0.15, 0.2) is 9.84 Å². The molecular formula is C14H15N3O3S. The van der Waals surface area contributed by atoms with Gasteiger partial charge >= 0.3 is 0 Å². The SMILES string of the molecule is CS(=O)(=O)c1ccc(NC(=O)c2ccc(N)cc2N)cc1. The highest BCUT2D eigenvalue weighted by Gasteiger charge is 2.11. The van der Waals surface area contributed by atoms with Crippen molar-refractivity contribution in [3.8, 4) is 0 Å². The van der Waals surface area contributed by atoms with Crippen molar-refractivity contribution in [2.75, 3.05) is 23.0 Å². The zero-order valence-electron chi connectivity index (χ0n) is 11.3. The predicted molar refractivity (Wildman–Crippen MR) is 82.8 cm³/mol. The van der Waals surface area contributed by atoms with Gasteiger partial charge in [-0.05, 0) is 42.5 Å². The lowest BCUT2D eigenvalue weighted by atomic mass is 10.1. The summed E-state index contributed by atoms with van der Waals surface area (Å²) in [6, 6.07) is 10.5. The van der Waals surface area contributed by atoms with Gasteiger partial charge in [0.2, 0.25) is 0 Å². The summed E-state index contributed by atoms with van der Waals surface area (Å²) in [5.41, 5.74) is 12.8. The highest BCUT2D eigenvalue weighted by Crippen LogP contribution is 2.19. The van der Waals surface area contributed by atoms with E-state index in [1.807, 2.05) is 0 Å². The van der Waals surface area contributed by atoms with Crippen LogP contribution < -0.4 is 16.8 Å². The molecule has 0 aromatic heterocycles. The van der Waals surface area contributed by atoms with Crippen molar-refractivity contribution in [2.24, 2.45) is 0 Å². The number of nitrogen functional groups attached to an aromatic ring is 2. The summed E-state index contributed by atoms with van der Waals surface area (Å²) in [7, 11) is -3.26. The fraction of sp³-hybridized carbons (Fsp3) is 0.0714. The van der Waals surface area contributed by atoms with Gasteiger partial charge in [-0.25, -0.2) is 8.42 Å². The average Bonchev–Trinajstić information content (AvgIpc) is 2.38. The Bertz CT molecular complexity index is 784. The highest BCUT2D eigenvalue weighted by molar-refractivity contribution is 7.90. The van der Waals surface area contributed by atoms with E-state index >= 15 is 0 Å². The molecule has 0 spiro atoms. The van der Waals surface area contributed by atoms with E-state index in [1.165, 1.54) is 36.4 Å². The Labute approximate surface area is 122 Å². The molecule has 2 rings (SSSR count). The summed E-state index contributed by atoms with van der Waals surface area (Å²) in [4.78, 5) is 12.3. The topological polar surface area (TPSA) is 115 Å². The molecule has 6 nitrogen and oxygen atoms in total. The summed E-state index contributed by atoms with van der Waals surface area (Å²) < 4.78 is 22.7. The monoisotopic (exact) mass is 305 g/mol. The Kier molecular flexibility index (Phi) is 3.86. The molecule has 0 fully saturated rings. The molecule has 21 heavy (non-hydrogen) atoms. The van der Waals surface area contributed by atoms with Crippen LogP contribution in [0.1, 0.15) is 10.4 Å². The number of carbonyl (C=O) groups excluding carboxylic acids is 1. The van der Waals surface area contributed by atoms with Crippen LogP contribution in [0.25, 0.3) is 0 Å². The second-order valence-corrected chi connectivity index (χ2v) is 6.61. The first kappa shape index (κ1) is 14.9. The molecule has 0 bridgehead atoms. The van der Waals surface area contributed by atoms with Crippen molar-refractivity contribution in [3.63, 3.8) is 0 Å². The van der Waals surface area contributed by atoms with Crippen LogP contribution in [-0.4, -0.2) is 20.6 Å². The number of sulfone groups is 1. The molecule has 2 aromatic carbocycles. The van der Waals surface area contributed by atoms with Gasteiger partial charge in [0, 0.05) is 23.3 Å². The molecule has 7 heteroatoms. The van der Waals surface area contributed by atoms with Crippen LogP contribution in [0.15, 0.2) is 47.4 Å². The van der Waals surface area contributed by atoms with E-state index < -0.39 is 9.84 Å². The molecule has 0 heterocycles. The zero-order chi connectivity index (χ0) is 15.6. The first-order chi connectivity index (χ1) is 9.77. The summed E-state index contributed by atoms with van der Waals surface area (Å²) >= 11 is 0. The van der Waals surface area contributed by atoms with Crippen LogP contribution in [-0.2, 0) is 9.84 Å². The number of nitrogens with two attached hydrogens (primary N) is 2. The van der Waals surface area contributed by atoms with Crippen molar-refractivity contribution in [1.29, 1.82) is 0 Å². The fourth-order valence-electron chi connectivity index (χ4n) is 1.77. The van der Waals surface area contributed by atoms with Crippen LogP contribution in [0.2, 0.25) is 0 Å². The minimum atomic E-state index is -3.26. The van der Waals surface area contributed by atoms with Gasteiger partial charge in [-0.15, -0.1) is 0 Å². The molecule has 1 amide bonds. The minimum absolute atomic E-state index is 0.187. The van der Waals surface area contributed by atoms with Crippen molar-refractivity contribution in [1.82, 2.24) is 0 Å². The summed E-state index contributed by atoms with van der Waals surface area (Å²) in [6.45, 7) is 0. The average molecular weight is 305 g/mol. The maximum atomic E-state index is 12.1. The van der Waals surface area contributed by atoms with Crippen LogP contribution in [0, 0.1) is 0 Å². The second kappa shape index (κ2) is 5.45. The van der Waals surface area contributed by atoms with Crippen LogP contribution in [0.3, 0.4) is 0 Å². The minimum Gasteiger partial charge on any atom is -0.399 e. The van der Waals surface area contributed by atoms with Gasteiger partial charge in [-0.3, -0.25) is 4.79 Å². The van der Waals surface area contributed by atoms with Gasteiger partial charge in [-0.2, -0.15) is 0 Å². The van der Waals surface area contributed by atoms with Crippen molar-refractivity contribution in [2.45, 2.75) is 4.90 Å². The lowest BCUT2D eigenvalue weighted by Gasteiger charge is -2.08. The second-order valence-electron chi connectivity index (χ2n) is 4.60. The number of benzene rings is 2. The standard InChI is InChI=1S/C14H15N3O3S/c1-21(19,20)11-5-3-10(4-6-11)17-14(18)12-7-2-9(15)8-13(12)16/h2-8H,15-16H2,1H3,(H,17,18). The lowest BCUT2D eigenvalue weighted by Crippen LogP contribution is -2.14. The van der Waals surface area contributed by atoms with E-state index in [1.54, 1.807) is 6.07 Å². The Morgan fingerprint density at radius 3 is 2.19 bits per heavy atom. The molecule has 0 aliphatic carbocycles. The summed E-state index contributed by atoms with van der Waals surface area (Å²) in [5.74, 6) is -0.389.